The molecule has 4 aromatic rings. The summed E-state index contributed by atoms with van der Waals surface area (Å²) in [5, 5.41) is 11.5. The summed E-state index contributed by atoms with van der Waals surface area (Å²) in [7, 11) is -4.22. The molecule has 11 heteroatoms. The molecule has 0 bridgehead atoms. The van der Waals surface area contributed by atoms with Crippen molar-refractivity contribution >= 4 is 49.9 Å². The number of non-ortho nitro benzene ring substituents is 1. The second kappa shape index (κ2) is 8.26. The second-order valence-electron chi connectivity index (χ2n) is 6.63. The van der Waals surface area contributed by atoms with Gasteiger partial charge < -0.3 is 0 Å². The molecule has 0 fully saturated rings. The van der Waals surface area contributed by atoms with Gasteiger partial charge in [0.2, 0.25) is 0 Å². The number of nitro groups is 1. The smallest absolute Gasteiger partial charge is 0.261 e. The van der Waals surface area contributed by atoms with Crippen LogP contribution in [0.15, 0.2) is 65.7 Å². The fourth-order valence-corrected chi connectivity index (χ4v) is 5.04. The van der Waals surface area contributed by atoms with Crippen LogP contribution in [0.1, 0.15) is 11.5 Å². The Balaban J connectivity index is 1.89. The first-order chi connectivity index (χ1) is 14.8. The Morgan fingerprint density at radius 1 is 1.00 bits per heavy atom. The number of nitrogens with zero attached hydrogens (tertiary/aromatic N) is 4. The fraction of sp³-hybridized carbons (Fsp3) is 0.100. The van der Waals surface area contributed by atoms with Crippen molar-refractivity contribution < 1.29 is 13.3 Å². The lowest BCUT2D eigenvalue weighted by molar-refractivity contribution is -0.385. The fourth-order valence-electron chi connectivity index (χ4n) is 3.18. The lowest BCUT2D eigenvalue weighted by atomic mass is 10.2. The highest BCUT2D eigenvalue weighted by Crippen LogP contribution is 2.31. The number of aromatic nitrogens is 3. The first kappa shape index (κ1) is 21.2. The summed E-state index contributed by atoms with van der Waals surface area (Å²) >= 11 is 12.2. The third-order valence-electron chi connectivity index (χ3n) is 4.62. The molecule has 0 aliphatic heterocycles. The number of hydrogen-bond donors (Lipinski definition) is 0. The molecular formula is C20H14Cl2N4O4S. The average molecular weight is 477 g/mol. The molecular weight excluding hydrogens is 463 g/mol. The monoisotopic (exact) mass is 476 g/mol. The number of halogens is 2. The van der Waals surface area contributed by atoms with Crippen molar-refractivity contribution in [2.75, 3.05) is 0 Å². The van der Waals surface area contributed by atoms with Crippen molar-refractivity contribution in [2.24, 2.45) is 0 Å². The third kappa shape index (κ3) is 4.12. The third-order valence-corrected chi connectivity index (χ3v) is 7.08. The summed E-state index contributed by atoms with van der Waals surface area (Å²) in [6, 6.07) is 13.2. The van der Waals surface area contributed by atoms with Crippen molar-refractivity contribution in [2.45, 2.75) is 17.7 Å². The summed E-state index contributed by atoms with van der Waals surface area (Å²) in [6.45, 7) is 0. The van der Waals surface area contributed by atoms with Crippen molar-refractivity contribution in [3.05, 3.63) is 92.5 Å². The van der Waals surface area contributed by atoms with Gasteiger partial charge in [-0.1, -0.05) is 35.3 Å². The Hall–Kier alpha value is -3.01. The molecule has 2 aromatic heterocycles. The van der Waals surface area contributed by atoms with E-state index in [0.29, 0.717) is 11.9 Å². The van der Waals surface area contributed by atoms with Crippen LogP contribution in [-0.4, -0.2) is 27.3 Å². The Kier molecular flexibility index (Phi) is 5.65. The van der Waals surface area contributed by atoms with Gasteiger partial charge in [0.25, 0.3) is 15.7 Å². The van der Waals surface area contributed by atoms with Gasteiger partial charge in [0.05, 0.1) is 30.9 Å². The number of aryl methyl sites for hydroxylation is 2. The van der Waals surface area contributed by atoms with E-state index < -0.39 is 14.9 Å². The molecule has 2 aromatic carbocycles. The second-order valence-corrected chi connectivity index (χ2v) is 9.23. The highest BCUT2D eigenvalue weighted by Gasteiger charge is 2.26. The molecule has 31 heavy (non-hydrogen) atoms. The highest BCUT2D eigenvalue weighted by atomic mass is 35.5. The molecule has 0 saturated carbocycles. The van der Waals surface area contributed by atoms with Crippen molar-refractivity contribution in [1.29, 1.82) is 0 Å². The maximum absolute atomic E-state index is 13.5. The average Bonchev–Trinajstić information content (AvgIpc) is 3.11. The molecule has 8 nitrogen and oxygen atoms in total. The topological polar surface area (TPSA) is 108 Å². The number of fused-ring (bicyclic) bond motifs is 1. The molecule has 0 radical (unpaired) electrons. The maximum Gasteiger partial charge on any atom is 0.270 e. The number of pyridine rings is 1. The van der Waals surface area contributed by atoms with E-state index in [0.717, 1.165) is 15.7 Å². The predicted octanol–water partition coefficient (Wildman–Crippen LogP) is 4.67. The Morgan fingerprint density at radius 3 is 2.48 bits per heavy atom. The zero-order valence-electron chi connectivity index (χ0n) is 15.8. The number of hydrogen-bond acceptors (Lipinski definition) is 6. The van der Waals surface area contributed by atoms with E-state index in [9.17, 15) is 18.5 Å². The standard InChI is InChI=1S/C20H14Cl2N4O4S/c21-16-11-18-19(12-17(16)22)25(20(24-18)8-7-13-4-1-2-9-23-13)31(29,30)15-6-3-5-14(10-15)26(27)28/h1-6,9-12H,7-8H2. The number of imidazole rings is 1. The first-order valence-corrected chi connectivity index (χ1v) is 11.2. The summed E-state index contributed by atoms with van der Waals surface area (Å²) in [4.78, 5) is 19.0. The molecule has 2 heterocycles. The van der Waals surface area contributed by atoms with E-state index in [4.69, 9.17) is 23.2 Å². The number of benzene rings is 2. The molecule has 0 amide bonds. The lowest BCUT2D eigenvalue weighted by Gasteiger charge is -2.11. The zero-order chi connectivity index (χ0) is 22.2. The van der Waals surface area contributed by atoms with E-state index in [-0.39, 0.29) is 38.4 Å². The number of rotatable bonds is 6. The molecule has 0 N–H and O–H groups in total. The van der Waals surface area contributed by atoms with Crippen LogP contribution in [0.3, 0.4) is 0 Å². The minimum atomic E-state index is -4.22. The normalized spacial score (nSPS) is 11.7. The summed E-state index contributed by atoms with van der Waals surface area (Å²) in [6.07, 6.45) is 2.35. The van der Waals surface area contributed by atoms with Crippen molar-refractivity contribution in [3.63, 3.8) is 0 Å². The van der Waals surface area contributed by atoms with Crippen LogP contribution in [0.4, 0.5) is 5.69 Å². The van der Waals surface area contributed by atoms with Crippen LogP contribution >= 0.6 is 23.2 Å². The molecule has 0 saturated heterocycles. The van der Waals surface area contributed by atoms with Crippen LogP contribution in [0, 0.1) is 10.1 Å². The van der Waals surface area contributed by atoms with Gasteiger partial charge in [-0.05, 0) is 36.8 Å². The van der Waals surface area contributed by atoms with Crippen LogP contribution in [0.2, 0.25) is 10.0 Å². The molecule has 0 atom stereocenters. The Labute approximate surface area is 187 Å². The van der Waals surface area contributed by atoms with Crippen LogP contribution in [-0.2, 0) is 22.9 Å². The molecule has 0 unspecified atom stereocenters. The molecule has 0 spiro atoms. The van der Waals surface area contributed by atoms with Gasteiger partial charge >= 0.3 is 0 Å². The van der Waals surface area contributed by atoms with Crippen LogP contribution in [0.5, 0.6) is 0 Å². The van der Waals surface area contributed by atoms with Gasteiger partial charge in [0, 0.05) is 30.4 Å². The van der Waals surface area contributed by atoms with Crippen LogP contribution in [0.25, 0.3) is 11.0 Å². The summed E-state index contributed by atoms with van der Waals surface area (Å²) in [5.41, 5.74) is 1.02. The SMILES string of the molecule is O=[N+]([O-])c1cccc(S(=O)(=O)n2c(CCc3ccccn3)nc3cc(Cl)c(Cl)cc32)c1. The molecule has 158 valence electrons. The lowest BCUT2D eigenvalue weighted by Crippen LogP contribution is -2.17. The van der Waals surface area contributed by atoms with Gasteiger partial charge in [-0.3, -0.25) is 15.1 Å². The summed E-state index contributed by atoms with van der Waals surface area (Å²) in [5.74, 6) is 0.241. The van der Waals surface area contributed by atoms with Crippen LogP contribution < -0.4 is 0 Å². The van der Waals surface area contributed by atoms with E-state index >= 15 is 0 Å². The van der Waals surface area contributed by atoms with Gasteiger partial charge in [0.1, 0.15) is 5.82 Å². The molecule has 0 aliphatic rings. The number of nitro benzene ring substituents is 1. The van der Waals surface area contributed by atoms with Gasteiger partial charge in [-0.15, -0.1) is 0 Å². The van der Waals surface area contributed by atoms with Gasteiger partial charge in [0.15, 0.2) is 0 Å². The minimum Gasteiger partial charge on any atom is -0.261 e. The Morgan fingerprint density at radius 2 is 1.77 bits per heavy atom. The van der Waals surface area contributed by atoms with Gasteiger partial charge in [-0.25, -0.2) is 17.4 Å². The Bertz CT molecular complexity index is 1410. The largest absolute Gasteiger partial charge is 0.270 e. The minimum absolute atomic E-state index is 0.167. The van der Waals surface area contributed by atoms with E-state index in [2.05, 4.69) is 9.97 Å². The zero-order valence-corrected chi connectivity index (χ0v) is 18.1. The van der Waals surface area contributed by atoms with E-state index in [1.54, 1.807) is 12.3 Å². The van der Waals surface area contributed by atoms with E-state index in [1.165, 1.54) is 30.3 Å². The maximum atomic E-state index is 13.5. The van der Waals surface area contributed by atoms with Crippen molar-refractivity contribution in [3.8, 4) is 0 Å². The first-order valence-electron chi connectivity index (χ1n) is 9.03. The molecule has 0 aliphatic carbocycles. The van der Waals surface area contributed by atoms with E-state index in [1.807, 2.05) is 12.1 Å². The summed E-state index contributed by atoms with van der Waals surface area (Å²) < 4.78 is 28.1. The predicted molar refractivity (Wildman–Crippen MR) is 117 cm³/mol. The van der Waals surface area contributed by atoms with Crippen molar-refractivity contribution in [1.82, 2.24) is 13.9 Å². The highest BCUT2D eigenvalue weighted by molar-refractivity contribution is 7.90. The molecule has 4 rings (SSSR count). The van der Waals surface area contributed by atoms with Gasteiger partial charge in [-0.2, -0.15) is 0 Å². The quantitative estimate of drug-likeness (QED) is 0.295.